The van der Waals surface area contributed by atoms with E-state index in [2.05, 4.69) is 15.5 Å². The van der Waals surface area contributed by atoms with Gasteiger partial charge in [0.1, 0.15) is 11.5 Å². The second-order valence-corrected chi connectivity index (χ2v) is 4.08. The molecule has 0 atom stereocenters. The molecule has 0 radical (unpaired) electrons. The number of pyridine rings is 1. The van der Waals surface area contributed by atoms with Crippen LogP contribution in [0.15, 0.2) is 47.8 Å². The number of hydrogen-bond acceptors (Lipinski definition) is 5. The van der Waals surface area contributed by atoms with Gasteiger partial charge in [-0.15, -0.1) is 0 Å². The van der Waals surface area contributed by atoms with Crippen LogP contribution in [0.25, 0.3) is 0 Å². The fourth-order valence-corrected chi connectivity index (χ4v) is 1.59. The number of hydrogen-bond donors (Lipinski definition) is 3. The number of aromatic nitrogens is 1. The van der Waals surface area contributed by atoms with Gasteiger partial charge in [0.25, 0.3) is 5.91 Å². The summed E-state index contributed by atoms with van der Waals surface area (Å²) in [4.78, 5) is 15.6. The zero-order valence-electron chi connectivity index (χ0n) is 10.7. The fourth-order valence-electron chi connectivity index (χ4n) is 1.59. The summed E-state index contributed by atoms with van der Waals surface area (Å²) in [5.41, 5.74) is 3.67. The number of nitrogens with one attached hydrogen (secondary N) is 1. The predicted molar refractivity (Wildman–Crippen MR) is 73.7 cm³/mol. The van der Waals surface area contributed by atoms with E-state index < -0.39 is 0 Å². The Morgan fingerprint density at radius 1 is 1.20 bits per heavy atom. The van der Waals surface area contributed by atoms with E-state index in [0.717, 1.165) is 0 Å². The van der Waals surface area contributed by atoms with Crippen molar-refractivity contribution in [1.29, 1.82) is 0 Å². The number of carbonyl (C=O) groups excluding carboxylic acids is 1. The number of benzene rings is 1. The third-order valence-corrected chi connectivity index (χ3v) is 2.64. The molecule has 1 aromatic heterocycles. The molecule has 1 amide bonds. The second kappa shape index (κ2) is 5.83. The van der Waals surface area contributed by atoms with Crippen LogP contribution < -0.4 is 5.43 Å². The first-order chi connectivity index (χ1) is 9.58. The molecular formula is C14H13N3O3. The first kappa shape index (κ1) is 13.5. The van der Waals surface area contributed by atoms with Gasteiger partial charge >= 0.3 is 0 Å². The molecule has 0 saturated carbocycles. The lowest BCUT2D eigenvalue weighted by atomic mass is 10.1. The van der Waals surface area contributed by atoms with Crippen molar-refractivity contribution in [3.8, 4) is 11.5 Å². The molecule has 6 heteroatoms. The largest absolute Gasteiger partial charge is 0.508 e. The van der Waals surface area contributed by atoms with E-state index in [1.165, 1.54) is 30.6 Å². The van der Waals surface area contributed by atoms with Crippen molar-refractivity contribution in [2.75, 3.05) is 0 Å². The minimum Gasteiger partial charge on any atom is -0.508 e. The number of nitrogens with zero attached hydrogens (tertiary/aromatic N) is 2. The van der Waals surface area contributed by atoms with Crippen LogP contribution in [0.3, 0.4) is 0 Å². The van der Waals surface area contributed by atoms with E-state index >= 15 is 0 Å². The average Bonchev–Trinajstić information content (AvgIpc) is 2.45. The van der Waals surface area contributed by atoms with Crippen LogP contribution in [0.4, 0.5) is 0 Å². The van der Waals surface area contributed by atoms with Gasteiger partial charge in [-0.3, -0.25) is 9.78 Å². The van der Waals surface area contributed by atoms with Crippen LogP contribution in [0.2, 0.25) is 0 Å². The summed E-state index contributed by atoms with van der Waals surface area (Å²) in [6, 6.07) is 7.29. The molecule has 0 fully saturated rings. The minimum atomic E-state index is -0.370. The van der Waals surface area contributed by atoms with Gasteiger partial charge in [0.15, 0.2) is 0 Å². The number of carbonyl (C=O) groups is 1. The van der Waals surface area contributed by atoms with Gasteiger partial charge in [-0.25, -0.2) is 5.43 Å². The topological polar surface area (TPSA) is 94.8 Å². The molecule has 1 heterocycles. The van der Waals surface area contributed by atoms with Crippen LogP contribution in [0.5, 0.6) is 11.5 Å². The van der Waals surface area contributed by atoms with Crippen molar-refractivity contribution in [1.82, 2.24) is 10.4 Å². The number of phenols is 2. The molecule has 20 heavy (non-hydrogen) atoms. The molecule has 0 aliphatic rings. The quantitative estimate of drug-likeness (QED) is 0.584. The summed E-state index contributed by atoms with van der Waals surface area (Å²) < 4.78 is 0. The molecule has 0 aliphatic heterocycles. The molecule has 102 valence electrons. The molecule has 0 unspecified atom stereocenters. The summed E-state index contributed by atoms with van der Waals surface area (Å²) >= 11 is 0. The Hall–Kier alpha value is -2.89. The first-order valence-electron chi connectivity index (χ1n) is 5.85. The van der Waals surface area contributed by atoms with Gasteiger partial charge in [-0.1, -0.05) is 0 Å². The summed E-state index contributed by atoms with van der Waals surface area (Å²) in [6.07, 6.45) is 3.02. The van der Waals surface area contributed by atoms with Crippen LogP contribution in [0.1, 0.15) is 22.8 Å². The zero-order chi connectivity index (χ0) is 14.5. The third-order valence-electron chi connectivity index (χ3n) is 2.64. The number of rotatable bonds is 3. The third kappa shape index (κ3) is 3.11. The first-order valence-corrected chi connectivity index (χ1v) is 5.85. The highest BCUT2D eigenvalue weighted by Crippen LogP contribution is 2.22. The fraction of sp³-hybridized carbons (Fsp3) is 0.0714. The molecule has 0 bridgehead atoms. The molecule has 6 nitrogen and oxygen atoms in total. The Kier molecular flexibility index (Phi) is 3.95. The van der Waals surface area contributed by atoms with E-state index in [1.54, 1.807) is 19.1 Å². The molecule has 1 aromatic carbocycles. The van der Waals surface area contributed by atoms with Crippen molar-refractivity contribution in [2.45, 2.75) is 6.92 Å². The van der Waals surface area contributed by atoms with Gasteiger partial charge in [-0.2, -0.15) is 5.10 Å². The van der Waals surface area contributed by atoms with Crippen LogP contribution in [-0.2, 0) is 0 Å². The minimum absolute atomic E-state index is 0.0418. The summed E-state index contributed by atoms with van der Waals surface area (Å²) in [5, 5.41) is 22.8. The Balaban J connectivity index is 2.13. The smallest absolute Gasteiger partial charge is 0.271 e. The lowest BCUT2D eigenvalue weighted by Gasteiger charge is -2.05. The number of amides is 1. The predicted octanol–water partition coefficient (Wildman–Crippen LogP) is 1.65. The lowest BCUT2D eigenvalue weighted by molar-refractivity contribution is 0.0954. The van der Waals surface area contributed by atoms with E-state index in [4.69, 9.17) is 0 Å². The monoisotopic (exact) mass is 271 g/mol. The van der Waals surface area contributed by atoms with Gasteiger partial charge in [0.2, 0.25) is 0 Å². The normalized spacial score (nSPS) is 11.2. The van der Waals surface area contributed by atoms with Crippen molar-refractivity contribution in [3.63, 3.8) is 0 Å². The number of hydrazone groups is 1. The highest BCUT2D eigenvalue weighted by Gasteiger charge is 2.07. The Labute approximate surface area is 115 Å². The van der Waals surface area contributed by atoms with Gasteiger partial charge in [0, 0.05) is 29.6 Å². The Morgan fingerprint density at radius 2 is 1.90 bits per heavy atom. The summed E-state index contributed by atoms with van der Waals surface area (Å²) in [5.74, 6) is -0.519. The molecule has 3 N–H and O–H groups in total. The maximum Gasteiger partial charge on any atom is 0.271 e. The maximum absolute atomic E-state index is 11.8. The van der Waals surface area contributed by atoms with Gasteiger partial charge in [-0.05, 0) is 31.2 Å². The Morgan fingerprint density at radius 3 is 2.55 bits per heavy atom. The lowest BCUT2D eigenvalue weighted by Crippen LogP contribution is -2.19. The Bertz CT molecular complexity index is 654. The maximum atomic E-state index is 11.8. The average molecular weight is 271 g/mol. The van der Waals surface area contributed by atoms with Crippen LogP contribution in [-0.4, -0.2) is 26.8 Å². The number of phenolic OH excluding ortho intramolecular Hbond substituents is 2. The molecule has 0 spiro atoms. The summed E-state index contributed by atoms with van der Waals surface area (Å²) in [7, 11) is 0. The molecule has 0 aliphatic carbocycles. The SMILES string of the molecule is C/C(=N/NC(=O)c1ccncc1)c1ccc(O)cc1O. The standard InChI is InChI=1S/C14H13N3O3/c1-9(12-3-2-11(18)8-13(12)19)16-17-14(20)10-4-6-15-7-5-10/h2-8,18-19H,1H3,(H,17,20)/b16-9-. The van der Waals surface area contributed by atoms with E-state index in [-0.39, 0.29) is 17.4 Å². The van der Waals surface area contributed by atoms with Crippen molar-refractivity contribution >= 4 is 11.6 Å². The van der Waals surface area contributed by atoms with Crippen LogP contribution in [0, 0.1) is 0 Å². The molecule has 0 saturated heterocycles. The van der Waals surface area contributed by atoms with E-state index in [9.17, 15) is 15.0 Å². The molecule has 2 aromatic rings. The van der Waals surface area contributed by atoms with Crippen molar-refractivity contribution in [3.05, 3.63) is 53.9 Å². The van der Waals surface area contributed by atoms with E-state index in [1.807, 2.05) is 0 Å². The highest BCUT2D eigenvalue weighted by molar-refractivity contribution is 6.02. The molecular weight excluding hydrogens is 258 g/mol. The zero-order valence-corrected chi connectivity index (χ0v) is 10.7. The van der Waals surface area contributed by atoms with Crippen molar-refractivity contribution in [2.24, 2.45) is 5.10 Å². The van der Waals surface area contributed by atoms with Crippen molar-refractivity contribution < 1.29 is 15.0 Å². The summed E-state index contributed by atoms with van der Waals surface area (Å²) in [6.45, 7) is 1.64. The van der Waals surface area contributed by atoms with Crippen LogP contribution >= 0.6 is 0 Å². The van der Waals surface area contributed by atoms with Gasteiger partial charge in [0.05, 0.1) is 5.71 Å². The second-order valence-electron chi connectivity index (χ2n) is 4.08. The van der Waals surface area contributed by atoms with E-state index in [0.29, 0.717) is 16.8 Å². The van der Waals surface area contributed by atoms with Gasteiger partial charge < -0.3 is 10.2 Å². The molecule has 2 rings (SSSR count). The highest BCUT2D eigenvalue weighted by atomic mass is 16.3. The number of aromatic hydroxyl groups is 2.